The first-order valence-electron chi connectivity index (χ1n) is 13.1. The maximum Gasteiger partial charge on any atom is 0.495 e. The van der Waals surface area contributed by atoms with Crippen molar-refractivity contribution in [3.63, 3.8) is 0 Å². The predicted octanol–water partition coefficient (Wildman–Crippen LogP) is 6.64. The molecule has 1 aliphatic carbocycles. The third-order valence-electron chi connectivity index (χ3n) is 8.57. The average molecular weight is 508 g/mol. The molecular formula is C29H42BNO4Si. The molecule has 2 aliphatic rings. The van der Waals surface area contributed by atoms with Gasteiger partial charge in [0.05, 0.1) is 17.8 Å². The molecule has 0 radical (unpaired) electrons. The van der Waals surface area contributed by atoms with Crippen molar-refractivity contribution in [2.75, 3.05) is 5.32 Å². The molecule has 0 aromatic heterocycles. The summed E-state index contributed by atoms with van der Waals surface area (Å²) in [4.78, 5) is 13.3. The van der Waals surface area contributed by atoms with Crippen LogP contribution in [-0.2, 0) is 20.3 Å². The van der Waals surface area contributed by atoms with Gasteiger partial charge < -0.3 is 19.1 Å². The molecule has 1 N–H and O–H groups in total. The highest BCUT2D eigenvalue weighted by Gasteiger charge is 2.52. The lowest BCUT2D eigenvalue weighted by Crippen LogP contribution is -2.42. The van der Waals surface area contributed by atoms with E-state index < -0.39 is 26.6 Å². The van der Waals surface area contributed by atoms with Crippen LogP contribution in [0.4, 0.5) is 5.69 Å². The molecule has 0 atom stereocenters. The number of amides is 1. The van der Waals surface area contributed by atoms with E-state index >= 15 is 0 Å². The fourth-order valence-corrected chi connectivity index (χ4v) is 5.00. The molecule has 7 heteroatoms. The van der Waals surface area contributed by atoms with Crippen LogP contribution >= 0.6 is 0 Å². The second kappa shape index (κ2) is 9.43. The third kappa shape index (κ3) is 5.49. The summed E-state index contributed by atoms with van der Waals surface area (Å²) in [6.07, 6.45) is 2.49. The summed E-state index contributed by atoms with van der Waals surface area (Å²) >= 11 is 0. The van der Waals surface area contributed by atoms with Gasteiger partial charge in [0, 0.05) is 11.3 Å². The number of hydrogen-bond acceptors (Lipinski definition) is 4. The molecule has 2 fully saturated rings. The van der Waals surface area contributed by atoms with E-state index in [4.69, 9.17) is 13.7 Å². The zero-order valence-corrected chi connectivity index (χ0v) is 24.5. The Bertz CT molecular complexity index is 1100. The number of hydrogen-bond donors (Lipinski definition) is 1. The molecule has 1 saturated heterocycles. The second-order valence-electron chi connectivity index (χ2n) is 12.9. The Morgan fingerprint density at radius 1 is 1.03 bits per heavy atom. The van der Waals surface area contributed by atoms with E-state index in [1.54, 1.807) is 0 Å². The lowest BCUT2D eigenvalue weighted by molar-refractivity contribution is 0.00578. The molecule has 1 amide bonds. The van der Waals surface area contributed by atoms with Crippen molar-refractivity contribution < 1.29 is 18.5 Å². The van der Waals surface area contributed by atoms with E-state index in [0.29, 0.717) is 18.1 Å². The standard InChI is InChI=1S/C29H42BNO4Si/c1-27(2,3)36(8,9)33-19-23-24(30-34-28(4,5)29(6,7)35-30)11-10-12-25(23)31-26(32)22-17-15-21(16-18-22)20-13-14-20/h10-12,15-18,20H,13-14,19H2,1-9H3,(H,31,32). The number of carbonyl (C=O) groups excluding carboxylic acids is 1. The van der Waals surface area contributed by atoms with Crippen molar-refractivity contribution in [2.24, 2.45) is 0 Å². The second-order valence-corrected chi connectivity index (χ2v) is 17.7. The maximum atomic E-state index is 13.3. The van der Waals surface area contributed by atoms with Crippen LogP contribution in [0.3, 0.4) is 0 Å². The first kappa shape index (κ1) is 27.1. The fraction of sp³-hybridized carbons (Fsp3) is 0.552. The van der Waals surface area contributed by atoms with Crippen LogP contribution < -0.4 is 10.8 Å². The molecule has 1 aliphatic heterocycles. The van der Waals surface area contributed by atoms with Crippen LogP contribution in [0.15, 0.2) is 42.5 Å². The van der Waals surface area contributed by atoms with E-state index in [1.807, 2.05) is 30.3 Å². The number of anilines is 1. The highest BCUT2D eigenvalue weighted by Crippen LogP contribution is 2.40. The first-order chi connectivity index (χ1) is 16.6. The summed E-state index contributed by atoms with van der Waals surface area (Å²) in [5.41, 5.74) is 3.58. The van der Waals surface area contributed by atoms with Gasteiger partial charge >= 0.3 is 7.12 Å². The summed E-state index contributed by atoms with van der Waals surface area (Å²) in [6, 6.07) is 13.9. The van der Waals surface area contributed by atoms with Crippen molar-refractivity contribution in [1.82, 2.24) is 0 Å². The Morgan fingerprint density at radius 3 is 2.14 bits per heavy atom. The van der Waals surface area contributed by atoms with E-state index in [1.165, 1.54) is 18.4 Å². The Hall–Kier alpha value is -1.93. The van der Waals surface area contributed by atoms with Crippen LogP contribution in [0.5, 0.6) is 0 Å². The smallest absolute Gasteiger partial charge is 0.412 e. The van der Waals surface area contributed by atoms with Crippen LogP contribution in [0, 0.1) is 0 Å². The summed E-state index contributed by atoms with van der Waals surface area (Å²) in [7, 11) is -2.58. The topological polar surface area (TPSA) is 56.8 Å². The van der Waals surface area contributed by atoms with Gasteiger partial charge in [0.1, 0.15) is 0 Å². The molecular weight excluding hydrogens is 465 g/mol. The summed E-state index contributed by atoms with van der Waals surface area (Å²) in [5.74, 6) is 0.537. The molecule has 36 heavy (non-hydrogen) atoms. The van der Waals surface area contributed by atoms with Gasteiger partial charge in [0.2, 0.25) is 0 Å². The zero-order chi connectivity index (χ0) is 26.5. The Labute approximate surface area is 218 Å². The normalized spacial score (nSPS) is 19.4. The Kier molecular flexibility index (Phi) is 7.10. The molecule has 0 unspecified atom stereocenters. The lowest BCUT2D eigenvalue weighted by Gasteiger charge is -2.36. The predicted molar refractivity (Wildman–Crippen MR) is 151 cm³/mol. The summed E-state index contributed by atoms with van der Waals surface area (Å²) < 4.78 is 19.4. The SMILES string of the molecule is CC1(C)OB(c2cccc(NC(=O)c3ccc(C4CC4)cc3)c2CO[Si](C)(C)C(C)(C)C)OC1(C)C. The van der Waals surface area contributed by atoms with Crippen LogP contribution in [0.1, 0.15) is 88.7 Å². The quantitative estimate of drug-likeness (QED) is 0.427. The van der Waals surface area contributed by atoms with Gasteiger partial charge in [-0.3, -0.25) is 4.79 Å². The van der Waals surface area contributed by atoms with E-state index in [2.05, 4.69) is 79.0 Å². The Morgan fingerprint density at radius 2 is 1.61 bits per heavy atom. The average Bonchev–Trinajstić information content (AvgIpc) is 3.59. The van der Waals surface area contributed by atoms with Gasteiger partial charge in [-0.15, -0.1) is 0 Å². The molecule has 5 nitrogen and oxygen atoms in total. The summed E-state index contributed by atoms with van der Waals surface area (Å²) in [5, 5.41) is 3.23. The van der Waals surface area contributed by atoms with Crippen LogP contribution in [-0.4, -0.2) is 32.5 Å². The van der Waals surface area contributed by atoms with Crippen molar-refractivity contribution in [3.05, 3.63) is 59.2 Å². The van der Waals surface area contributed by atoms with Gasteiger partial charge in [-0.1, -0.05) is 45.0 Å². The number of nitrogens with one attached hydrogen (secondary N) is 1. The molecule has 0 bridgehead atoms. The number of benzene rings is 2. The zero-order valence-electron chi connectivity index (χ0n) is 23.5. The highest BCUT2D eigenvalue weighted by atomic mass is 28.4. The lowest BCUT2D eigenvalue weighted by atomic mass is 9.75. The van der Waals surface area contributed by atoms with Crippen molar-refractivity contribution in [1.29, 1.82) is 0 Å². The largest absolute Gasteiger partial charge is 0.495 e. The van der Waals surface area contributed by atoms with Gasteiger partial charge in [0.25, 0.3) is 5.91 Å². The van der Waals surface area contributed by atoms with E-state index in [0.717, 1.165) is 16.7 Å². The van der Waals surface area contributed by atoms with Gasteiger partial charge in [-0.05, 0) is 99.4 Å². The molecule has 0 spiro atoms. The van der Waals surface area contributed by atoms with Crippen LogP contribution in [0.25, 0.3) is 0 Å². The van der Waals surface area contributed by atoms with Crippen molar-refractivity contribution in [2.45, 2.75) is 103 Å². The van der Waals surface area contributed by atoms with E-state index in [-0.39, 0.29) is 10.9 Å². The van der Waals surface area contributed by atoms with Crippen molar-refractivity contribution >= 4 is 32.5 Å². The molecule has 4 rings (SSSR count). The fourth-order valence-electron chi connectivity index (χ4n) is 4.06. The molecule has 2 aromatic carbocycles. The molecule has 2 aromatic rings. The van der Waals surface area contributed by atoms with Gasteiger partial charge in [-0.25, -0.2) is 0 Å². The maximum absolute atomic E-state index is 13.3. The number of rotatable bonds is 7. The Balaban J connectivity index is 1.65. The van der Waals surface area contributed by atoms with E-state index in [9.17, 15) is 4.79 Å². The first-order valence-corrected chi connectivity index (χ1v) is 16.0. The minimum Gasteiger partial charge on any atom is -0.412 e. The third-order valence-corrected chi connectivity index (χ3v) is 13.1. The molecule has 1 heterocycles. The van der Waals surface area contributed by atoms with Gasteiger partial charge in [0.15, 0.2) is 8.32 Å². The minimum atomic E-state index is -2.04. The minimum absolute atomic E-state index is 0.0685. The van der Waals surface area contributed by atoms with Gasteiger partial charge in [-0.2, -0.15) is 0 Å². The highest BCUT2D eigenvalue weighted by molar-refractivity contribution is 6.74. The molecule has 1 saturated carbocycles. The molecule has 194 valence electrons. The van der Waals surface area contributed by atoms with Crippen LogP contribution in [0.2, 0.25) is 18.1 Å². The summed E-state index contributed by atoms with van der Waals surface area (Å²) in [6.45, 7) is 19.8. The monoisotopic (exact) mass is 507 g/mol. The number of carbonyl (C=O) groups is 1. The van der Waals surface area contributed by atoms with Crippen molar-refractivity contribution in [3.8, 4) is 0 Å².